The third-order valence-electron chi connectivity index (χ3n) is 5.90. The fraction of sp³-hybridized carbons (Fsp3) is 0.143. The van der Waals surface area contributed by atoms with Gasteiger partial charge in [0.15, 0.2) is 5.69 Å². The van der Waals surface area contributed by atoms with E-state index in [0.29, 0.717) is 17.0 Å². The molecule has 0 saturated heterocycles. The summed E-state index contributed by atoms with van der Waals surface area (Å²) in [6.07, 6.45) is 0. The molecule has 0 bridgehead atoms. The Kier molecular flexibility index (Phi) is 8.03. The minimum absolute atomic E-state index is 0.00896. The maximum Gasteiger partial charge on any atom is 0.273 e. The molecule has 1 aromatic heterocycles. The van der Waals surface area contributed by atoms with E-state index in [1.54, 1.807) is 49.6 Å². The first-order valence-electron chi connectivity index (χ1n) is 11.7. The monoisotopic (exact) mass is 529 g/mol. The van der Waals surface area contributed by atoms with Crippen LogP contribution in [0.5, 0.6) is 5.75 Å². The van der Waals surface area contributed by atoms with E-state index in [2.05, 4.69) is 9.69 Å². The molecule has 0 unspecified atom stereocenters. The second-order valence-electron chi connectivity index (χ2n) is 8.53. The predicted molar refractivity (Wildman–Crippen MR) is 147 cm³/mol. The van der Waals surface area contributed by atoms with E-state index in [0.717, 1.165) is 22.7 Å². The normalized spacial score (nSPS) is 11.4. The number of nitrogen functional groups attached to an aromatic ring is 1. The first kappa shape index (κ1) is 26.4. The Balaban J connectivity index is 1.83. The van der Waals surface area contributed by atoms with Crippen LogP contribution in [0.2, 0.25) is 0 Å². The van der Waals surface area contributed by atoms with Crippen molar-refractivity contribution in [2.75, 3.05) is 17.7 Å². The molecular formula is C28H27N5O4S. The van der Waals surface area contributed by atoms with Gasteiger partial charge in [0.1, 0.15) is 16.7 Å². The highest BCUT2D eigenvalue weighted by Gasteiger charge is 2.36. The van der Waals surface area contributed by atoms with Gasteiger partial charge in [-0.15, -0.1) is 0 Å². The summed E-state index contributed by atoms with van der Waals surface area (Å²) in [7, 11) is 1.55. The summed E-state index contributed by atoms with van der Waals surface area (Å²) in [4.78, 5) is 41.1. The molecule has 3 aromatic carbocycles. The van der Waals surface area contributed by atoms with Crippen LogP contribution >= 0.6 is 11.5 Å². The lowest BCUT2D eigenvalue weighted by Crippen LogP contribution is -2.44. The van der Waals surface area contributed by atoms with Gasteiger partial charge in [0.25, 0.3) is 11.8 Å². The summed E-state index contributed by atoms with van der Waals surface area (Å²) < 4.78 is 9.27. The number of hydrogen-bond acceptors (Lipinski definition) is 7. The number of anilines is 2. The number of carbonyl (C=O) groups is 3. The van der Waals surface area contributed by atoms with Crippen molar-refractivity contribution >= 4 is 40.6 Å². The van der Waals surface area contributed by atoms with Crippen LogP contribution in [0, 0.1) is 6.92 Å². The predicted octanol–water partition coefficient (Wildman–Crippen LogP) is 3.85. The lowest BCUT2D eigenvalue weighted by atomic mass is 10.0. The number of rotatable bonds is 9. The van der Waals surface area contributed by atoms with E-state index in [4.69, 9.17) is 16.2 Å². The second kappa shape index (κ2) is 11.6. The Morgan fingerprint density at radius 3 is 2.34 bits per heavy atom. The number of primary amides is 1. The van der Waals surface area contributed by atoms with Crippen molar-refractivity contribution in [3.63, 3.8) is 0 Å². The molecule has 0 fully saturated rings. The summed E-state index contributed by atoms with van der Waals surface area (Å²) in [5, 5.41) is 2.95. The third kappa shape index (κ3) is 5.65. The molecular weight excluding hydrogens is 502 g/mol. The highest BCUT2D eigenvalue weighted by Crippen LogP contribution is 2.34. The van der Waals surface area contributed by atoms with Gasteiger partial charge >= 0.3 is 0 Å². The molecule has 4 aromatic rings. The highest BCUT2D eigenvalue weighted by atomic mass is 32.1. The van der Waals surface area contributed by atoms with Crippen LogP contribution in [0.25, 0.3) is 0 Å². The quantitative estimate of drug-likeness (QED) is 0.301. The first-order chi connectivity index (χ1) is 18.3. The van der Waals surface area contributed by atoms with Crippen molar-refractivity contribution in [3.8, 4) is 5.75 Å². The van der Waals surface area contributed by atoms with Gasteiger partial charge in [-0.25, -0.2) is 0 Å². The number of aryl methyl sites for hydroxylation is 1. The molecule has 0 aliphatic carbocycles. The number of ether oxygens (including phenoxy) is 1. The molecule has 1 heterocycles. The fourth-order valence-corrected chi connectivity index (χ4v) is 4.73. The maximum atomic E-state index is 14.1. The molecule has 10 heteroatoms. The molecule has 0 saturated carbocycles. The van der Waals surface area contributed by atoms with Crippen molar-refractivity contribution in [1.29, 1.82) is 0 Å². The maximum absolute atomic E-state index is 14.1. The summed E-state index contributed by atoms with van der Waals surface area (Å²) in [5.41, 5.74) is 14.0. The molecule has 0 spiro atoms. The third-order valence-corrected chi connectivity index (χ3v) is 6.75. The Bertz CT molecular complexity index is 1450. The highest BCUT2D eigenvalue weighted by molar-refractivity contribution is 7.09. The van der Waals surface area contributed by atoms with Crippen LogP contribution in [0.1, 0.15) is 42.9 Å². The standard InChI is InChI=1S/C28H27N5O4S/c1-17-7-6-10-20(15-17)33(28(36)25-22(29)23(26(30)34)32-38-25)24(19-11-13-21(37-2)14-12-19)27(35)31-16-18-8-4-3-5-9-18/h3-15,24H,16,29H2,1-2H3,(H2,30,34)(H,31,35)/t24-/m1/s1. The van der Waals surface area contributed by atoms with Gasteiger partial charge in [0, 0.05) is 12.2 Å². The zero-order valence-electron chi connectivity index (χ0n) is 20.9. The molecule has 5 N–H and O–H groups in total. The van der Waals surface area contributed by atoms with Crippen molar-refractivity contribution in [1.82, 2.24) is 9.69 Å². The molecule has 194 valence electrons. The number of methoxy groups -OCH3 is 1. The van der Waals surface area contributed by atoms with E-state index >= 15 is 0 Å². The smallest absolute Gasteiger partial charge is 0.273 e. The lowest BCUT2D eigenvalue weighted by Gasteiger charge is -2.31. The number of nitrogens with one attached hydrogen (secondary N) is 1. The fourth-order valence-electron chi connectivity index (χ4n) is 3.99. The summed E-state index contributed by atoms with van der Waals surface area (Å²) in [6, 6.07) is 22.5. The molecule has 38 heavy (non-hydrogen) atoms. The van der Waals surface area contributed by atoms with Crippen LogP contribution in [0.15, 0.2) is 78.9 Å². The van der Waals surface area contributed by atoms with Crippen molar-refractivity contribution in [2.24, 2.45) is 5.73 Å². The van der Waals surface area contributed by atoms with Gasteiger partial charge < -0.3 is 21.5 Å². The minimum Gasteiger partial charge on any atom is -0.497 e. The molecule has 0 aliphatic heterocycles. The Hall–Kier alpha value is -4.70. The van der Waals surface area contributed by atoms with E-state index < -0.39 is 23.8 Å². The summed E-state index contributed by atoms with van der Waals surface area (Å²) in [6.45, 7) is 2.15. The molecule has 4 rings (SSSR count). The van der Waals surface area contributed by atoms with Crippen LogP contribution in [-0.4, -0.2) is 29.2 Å². The van der Waals surface area contributed by atoms with E-state index in [1.165, 1.54) is 4.90 Å². The summed E-state index contributed by atoms with van der Waals surface area (Å²) >= 11 is 0.762. The van der Waals surface area contributed by atoms with Gasteiger partial charge in [-0.3, -0.25) is 19.3 Å². The van der Waals surface area contributed by atoms with Crippen LogP contribution < -0.4 is 26.4 Å². The van der Waals surface area contributed by atoms with Crippen LogP contribution in [0.4, 0.5) is 11.4 Å². The number of nitrogens with zero attached hydrogens (tertiary/aromatic N) is 2. The van der Waals surface area contributed by atoms with Gasteiger partial charge in [-0.2, -0.15) is 4.37 Å². The lowest BCUT2D eigenvalue weighted by molar-refractivity contribution is -0.122. The molecule has 0 aliphatic rings. The average molecular weight is 530 g/mol. The number of nitrogens with two attached hydrogens (primary N) is 2. The van der Waals surface area contributed by atoms with E-state index in [1.807, 2.05) is 43.3 Å². The Labute approximate surface area is 224 Å². The van der Waals surface area contributed by atoms with Gasteiger partial charge in [-0.05, 0) is 59.4 Å². The topological polar surface area (TPSA) is 141 Å². The number of aromatic nitrogens is 1. The number of hydrogen-bond donors (Lipinski definition) is 3. The molecule has 9 nitrogen and oxygen atoms in total. The molecule has 1 atom stereocenters. The number of benzene rings is 3. The Morgan fingerprint density at radius 2 is 1.74 bits per heavy atom. The van der Waals surface area contributed by atoms with Crippen LogP contribution in [0.3, 0.4) is 0 Å². The van der Waals surface area contributed by atoms with Gasteiger partial charge in [0.2, 0.25) is 5.91 Å². The second-order valence-corrected chi connectivity index (χ2v) is 9.30. The SMILES string of the molecule is COc1ccc([C@H](C(=O)NCc2ccccc2)N(C(=O)c2snc(C(N)=O)c2N)c2cccc(C)c2)cc1. The molecule has 3 amide bonds. The Morgan fingerprint density at radius 1 is 1.03 bits per heavy atom. The van der Waals surface area contributed by atoms with Gasteiger partial charge in [0.05, 0.1) is 12.8 Å². The molecule has 0 radical (unpaired) electrons. The minimum atomic E-state index is -1.09. The zero-order valence-corrected chi connectivity index (χ0v) is 21.7. The van der Waals surface area contributed by atoms with Crippen LogP contribution in [-0.2, 0) is 11.3 Å². The number of amides is 3. The van der Waals surface area contributed by atoms with Crippen molar-refractivity contribution in [3.05, 3.63) is 106 Å². The van der Waals surface area contributed by atoms with Crippen molar-refractivity contribution in [2.45, 2.75) is 19.5 Å². The van der Waals surface area contributed by atoms with Crippen molar-refractivity contribution < 1.29 is 19.1 Å². The summed E-state index contributed by atoms with van der Waals surface area (Å²) in [5.74, 6) is -1.24. The van der Waals surface area contributed by atoms with E-state index in [9.17, 15) is 14.4 Å². The average Bonchev–Trinajstić information content (AvgIpc) is 3.32. The first-order valence-corrected chi connectivity index (χ1v) is 12.5. The zero-order chi connectivity index (χ0) is 27.2. The van der Waals surface area contributed by atoms with E-state index in [-0.39, 0.29) is 22.8 Å². The van der Waals surface area contributed by atoms with Gasteiger partial charge in [-0.1, -0.05) is 54.6 Å². The largest absolute Gasteiger partial charge is 0.497 e. The number of carbonyl (C=O) groups excluding carboxylic acids is 3.